The van der Waals surface area contributed by atoms with Crippen molar-refractivity contribution < 1.29 is 128 Å². The van der Waals surface area contributed by atoms with Crippen molar-refractivity contribution in [3.05, 3.63) is 0 Å². The molecular weight excluding hydrogens is 1080 g/mol. The Hall–Kier alpha value is -1.08. The van der Waals surface area contributed by atoms with Crippen molar-refractivity contribution in [2.24, 2.45) is 0 Å². The minimum atomic E-state index is 0.287. The van der Waals surface area contributed by atoms with Crippen LogP contribution in [0.2, 0.25) is 0 Å². The second-order valence-corrected chi connectivity index (χ2v) is 17.1. The molecule has 2 rings (SSSR count). The summed E-state index contributed by atoms with van der Waals surface area (Å²) < 4.78 is 148. The van der Waals surface area contributed by atoms with Gasteiger partial charge in [-0.1, -0.05) is 0 Å². The highest BCUT2D eigenvalue weighted by molar-refractivity contribution is 4.67. The zero-order valence-electron chi connectivity index (χ0n) is 48.9. The van der Waals surface area contributed by atoms with Crippen LogP contribution in [0.1, 0.15) is 0 Å². The molecule has 0 amide bonds. The number of hydrogen-bond acceptors (Lipinski definition) is 27. The highest BCUT2D eigenvalue weighted by Crippen LogP contribution is 2.08. The second-order valence-electron chi connectivity index (χ2n) is 17.1. The first-order valence-corrected chi connectivity index (χ1v) is 29.1. The molecule has 0 spiro atoms. The third-order valence-electron chi connectivity index (χ3n) is 10.3. The lowest BCUT2D eigenvalue weighted by atomic mass is 10.5. The zero-order valence-corrected chi connectivity index (χ0v) is 48.9. The molecule has 0 radical (unpaired) electrons. The van der Waals surface area contributed by atoms with Gasteiger partial charge in [0.2, 0.25) is 0 Å². The van der Waals surface area contributed by atoms with Crippen molar-refractivity contribution in [2.45, 2.75) is 12.2 Å². The molecule has 0 aromatic rings. The molecule has 0 saturated carbocycles. The van der Waals surface area contributed by atoms with Gasteiger partial charge in [-0.15, -0.1) is 0 Å². The fourth-order valence-corrected chi connectivity index (χ4v) is 5.93. The van der Waals surface area contributed by atoms with Gasteiger partial charge in [0, 0.05) is 0 Å². The molecule has 484 valence electrons. The summed E-state index contributed by atoms with van der Waals surface area (Å²) in [7, 11) is 0. The molecular formula is C54H106O27. The van der Waals surface area contributed by atoms with Gasteiger partial charge in [0.1, 0.15) is 12.2 Å². The third kappa shape index (κ3) is 67.9. The molecule has 2 saturated heterocycles. The average molecular weight is 1190 g/mol. The van der Waals surface area contributed by atoms with Crippen LogP contribution in [0.5, 0.6) is 0 Å². The summed E-state index contributed by atoms with van der Waals surface area (Å²) >= 11 is 0. The van der Waals surface area contributed by atoms with E-state index in [-0.39, 0.29) is 12.2 Å². The molecule has 27 nitrogen and oxygen atoms in total. The lowest BCUT2D eigenvalue weighted by Crippen LogP contribution is -2.16. The van der Waals surface area contributed by atoms with E-state index in [1.165, 1.54) is 0 Å². The summed E-state index contributed by atoms with van der Waals surface area (Å²) in [6, 6.07) is 0. The molecule has 2 heterocycles. The average Bonchev–Trinajstić information content (AvgIpc) is 4.44. The monoisotopic (exact) mass is 1190 g/mol. The molecule has 2 unspecified atom stereocenters. The van der Waals surface area contributed by atoms with Crippen LogP contribution in [-0.4, -0.2) is 356 Å². The summed E-state index contributed by atoms with van der Waals surface area (Å²) in [4.78, 5) is 0. The summed E-state index contributed by atoms with van der Waals surface area (Å²) in [5.74, 6) is 0. The Morgan fingerprint density at radius 3 is 0.284 bits per heavy atom. The van der Waals surface area contributed by atoms with E-state index in [9.17, 15) is 0 Å². The SMILES string of the molecule is C(COCCOCCOCCOCCOCCOCCOCCOCCOCCOCCOCCOCC1CO1)OCCOCCOCCOCCOCCOCCOCCOCCOCCOCCOCCOCCOCC1CO1. The second kappa shape index (κ2) is 68.0. The maximum Gasteiger partial charge on any atom is 0.104 e. The quantitative estimate of drug-likeness (QED) is 0.0582. The minimum Gasteiger partial charge on any atom is -0.377 e. The van der Waals surface area contributed by atoms with E-state index in [0.717, 1.165) is 13.2 Å². The number of rotatable bonds is 76. The van der Waals surface area contributed by atoms with Crippen LogP contribution in [0.3, 0.4) is 0 Å². The molecule has 27 heteroatoms. The Labute approximate surface area is 482 Å². The van der Waals surface area contributed by atoms with Gasteiger partial charge in [-0.25, -0.2) is 0 Å². The van der Waals surface area contributed by atoms with E-state index >= 15 is 0 Å². The smallest absolute Gasteiger partial charge is 0.104 e. The van der Waals surface area contributed by atoms with Crippen LogP contribution in [0, 0.1) is 0 Å². The molecule has 2 atom stereocenters. The van der Waals surface area contributed by atoms with E-state index in [2.05, 4.69) is 0 Å². The predicted octanol–water partition coefficient (Wildman–Crippen LogP) is 0.199. The van der Waals surface area contributed by atoms with E-state index in [4.69, 9.17) is 128 Å². The summed E-state index contributed by atoms with van der Waals surface area (Å²) in [5.41, 5.74) is 0. The van der Waals surface area contributed by atoms with Crippen LogP contribution >= 0.6 is 0 Å². The van der Waals surface area contributed by atoms with Crippen LogP contribution in [0.4, 0.5) is 0 Å². The van der Waals surface area contributed by atoms with Crippen molar-refractivity contribution >= 4 is 0 Å². The molecule has 81 heavy (non-hydrogen) atoms. The van der Waals surface area contributed by atoms with Crippen molar-refractivity contribution in [3.63, 3.8) is 0 Å². The molecule has 0 aromatic carbocycles. The molecule has 2 aliphatic rings. The highest BCUT2D eigenvalue weighted by Gasteiger charge is 2.22. The lowest BCUT2D eigenvalue weighted by Gasteiger charge is -2.09. The highest BCUT2D eigenvalue weighted by atomic mass is 16.6. The van der Waals surface area contributed by atoms with Gasteiger partial charge in [-0.3, -0.25) is 0 Å². The molecule has 0 bridgehead atoms. The van der Waals surface area contributed by atoms with Gasteiger partial charge in [-0.2, -0.15) is 0 Å². The Kier molecular flexibility index (Phi) is 63.9. The first-order valence-electron chi connectivity index (χ1n) is 29.1. The van der Waals surface area contributed by atoms with Gasteiger partial charge in [-0.05, 0) is 0 Å². The molecule has 0 aliphatic carbocycles. The van der Waals surface area contributed by atoms with Crippen LogP contribution < -0.4 is 0 Å². The topological polar surface area (TPSA) is 256 Å². The number of epoxide rings is 2. The first kappa shape index (κ1) is 76.0. The normalized spacial score (nSPS) is 15.0. The van der Waals surface area contributed by atoms with Gasteiger partial charge >= 0.3 is 0 Å². The number of ether oxygens (including phenoxy) is 27. The largest absolute Gasteiger partial charge is 0.377 e. The van der Waals surface area contributed by atoms with Crippen molar-refractivity contribution in [1.29, 1.82) is 0 Å². The summed E-state index contributed by atoms with van der Waals surface area (Å²) in [5, 5.41) is 0. The molecule has 2 fully saturated rings. The fourth-order valence-electron chi connectivity index (χ4n) is 5.93. The third-order valence-corrected chi connectivity index (χ3v) is 10.3. The van der Waals surface area contributed by atoms with Crippen LogP contribution in [0.15, 0.2) is 0 Å². The van der Waals surface area contributed by atoms with Gasteiger partial charge < -0.3 is 128 Å². The summed E-state index contributed by atoms with van der Waals surface area (Å²) in [6.07, 6.45) is 0.575. The van der Waals surface area contributed by atoms with Crippen molar-refractivity contribution in [1.82, 2.24) is 0 Å². The Bertz CT molecular complexity index is 1070. The van der Waals surface area contributed by atoms with Crippen LogP contribution in [0.25, 0.3) is 0 Å². The lowest BCUT2D eigenvalue weighted by molar-refractivity contribution is -0.0321. The van der Waals surface area contributed by atoms with E-state index in [1.807, 2.05) is 0 Å². The van der Waals surface area contributed by atoms with Gasteiger partial charge in [0.05, 0.1) is 344 Å². The zero-order chi connectivity index (χ0) is 57.0. The van der Waals surface area contributed by atoms with Crippen LogP contribution in [-0.2, 0) is 128 Å². The molecule has 2 aliphatic heterocycles. The van der Waals surface area contributed by atoms with Crippen molar-refractivity contribution in [2.75, 3.05) is 344 Å². The first-order chi connectivity index (χ1) is 40.4. The number of hydrogen-bond donors (Lipinski definition) is 0. The Morgan fingerprint density at radius 2 is 0.210 bits per heavy atom. The standard InChI is InChI=1S/C54H106O27/c1(3-56-5-7-58-9-11-60-13-15-62-17-19-64-21-23-66-25-27-68-29-31-70-33-35-72-37-39-74-41-43-76-45-47-78-49-53-51-80-53)55-2-4-57-6-8-59-10-12-61-14-16-63-18-20-65-22-24-67-26-28-69-30-32-71-34-36-73-38-40-75-42-44-77-46-48-79-50-54-52-81-54/h53-54H,1-52H2. The van der Waals surface area contributed by atoms with E-state index < -0.39 is 0 Å². The van der Waals surface area contributed by atoms with Crippen molar-refractivity contribution in [3.8, 4) is 0 Å². The Balaban J connectivity index is 1.07. The maximum absolute atomic E-state index is 5.53. The van der Waals surface area contributed by atoms with E-state index in [1.54, 1.807) is 0 Å². The fraction of sp³-hybridized carbons (Fsp3) is 1.00. The molecule has 0 N–H and O–H groups in total. The minimum absolute atomic E-state index is 0.287. The Morgan fingerprint density at radius 1 is 0.136 bits per heavy atom. The molecule has 0 aromatic heterocycles. The maximum atomic E-state index is 5.53. The van der Waals surface area contributed by atoms with E-state index in [0.29, 0.717) is 330 Å². The predicted molar refractivity (Wildman–Crippen MR) is 290 cm³/mol. The van der Waals surface area contributed by atoms with Gasteiger partial charge in [0.25, 0.3) is 0 Å². The van der Waals surface area contributed by atoms with Gasteiger partial charge in [0.15, 0.2) is 0 Å². The summed E-state index contributed by atoms with van der Waals surface area (Å²) in [6.45, 7) is 27.1.